The highest BCUT2D eigenvalue weighted by Crippen LogP contribution is 2.35. The van der Waals surface area contributed by atoms with E-state index in [1.165, 1.54) is 0 Å². The molecule has 2 amide bonds. The van der Waals surface area contributed by atoms with E-state index in [-0.39, 0.29) is 24.2 Å². The summed E-state index contributed by atoms with van der Waals surface area (Å²) in [6, 6.07) is 9.57. The third-order valence-corrected chi connectivity index (χ3v) is 5.80. The standard InChI is InChI=1S/C20H22N2O4S/c1-2-21-12-14(10-19(21)23)20(24)22(13-16-4-3-9-27-16)15-5-6-17-18(11-15)26-8-7-25-17/h3-6,9,11,14H,2,7-8,10,12-13H2,1H3. The number of anilines is 1. The molecule has 2 aliphatic rings. The minimum Gasteiger partial charge on any atom is -0.486 e. The van der Waals surface area contributed by atoms with Crippen molar-refractivity contribution in [3.05, 3.63) is 40.6 Å². The first-order chi connectivity index (χ1) is 13.2. The summed E-state index contributed by atoms with van der Waals surface area (Å²) in [4.78, 5) is 30.0. The zero-order valence-corrected chi connectivity index (χ0v) is 16.0. The summed E-state index contributed by atoms with van der Waals surface area (Å²) in [7, 11) is 0. The van der Waals surface area contributed by atoms with Gasteiger partial charge in [-0.1, -0.05) is 6.07 Å². The summed E-state index contributed by atoms with van der Waals surface area (Å²) < 4.78 is 11.3. The number of ether oxygens (including phenoxy) is 2. The molecule has 1 unspecified atom stereocenters. The van der Waals surface area contributed by atoms with Crippen molar-refractivity contribution < 1.29 is 19.1 Å². The Labute approximate surface area is 162 Å². The smallest absolute Gasteiger partial charge is 0.232 e. The Hall–Kier alpha value is -2.54. The number of fused-ring (bicyclic) bond motifs is 1. The Morgan fingerprint density at radius 2 is 2.07 bits per heavy atom. The fourth-order valence-electron chi connectivity index (χ4n) is 3.52. The minimum absolute atomic E-state index is 0.0237. The second kappa shape index (κ2) is 7.60. The van der Waals surface area contributed by atoms with Gasteiger partial charge in [-0.3, -0.25) is 9.59 Å². The van der Waals surface area contributed by atoms with E-state index in [2.05, 4.69) is 0 Å². The summed E-state index contributed by atoms with van der Waals surface area (Å²) in [5.74, 6) is 1.06. The molecule has 0 radical (unpaired) electrons. The SMILES string of the molecule is CCN1CC(C(=O)N(Cc2cccs2)c2ccc3c(c2)OCCO3)CC1=O. The normalized spacial score (nSPS) is 18.6. The number of carbonyl (C=O) groups is 2. The van der Waals surface area contributed by atoms with Gasteiger partial charge in [-0.25, -0.2) is 0 Å². The van der Waals surface area contributed by atoms with Crippen molar-refractivity contribution in [2.45, 2.75) is 19.9 Å². The van der Waals surface area contributed by atoms with Crippen molar-refractivity contribution in [2.75, 3.05) is 31.2 Å². The van der Waals surface area contributed by atoms with Crippen molar-refractivity contribution in [1.29, 1.82) is 0 Å². The van der Waals surface area contributed by atoms with E-state index in [9.17, 15) is 9.59 Å². The highest BCUT2D eigenvalue weighted by Gasteiger charge is 2.36. The molecule has 0 aliphatic carbocycles. The molecule has 0 saturated carbocycles. The Balaban J connectivity index is 1.63. The van der Waals surface area contributed by atoms with Gasteiger partial charge in [-0.2, -0.15) is 0 Å². The number of hydrogen-bond donors (Lipinski definition) is 0. The van der Waals surface area contributed by atoms with Crippen LogP contribution in [0.15, 0.2) is 35.7 Å². The van der Waals surface area contributed by atoms with Crippen molar-refractivity contribution in [1.82, 2.24) is 4.90 Å². The first-order valence-electron chi connectivity index (χ1n) is 9.17. The van der Waals surface area contributed by atoms with E-state index in [1.54, 1.807) is 21.1 Å². The van der Waals surface area contributed by atoms with Crippen molar-refractivity contribution in [3.8, 4) is 11.5 Å². The summed E-state index contributed by atoms with van der Waals surface area (Å²) in [5, 5.41) is 2.00. The maximum Gasteiger partial charge on any atom is 0.232 e. The lowest BCUT2D eigenvalue weighted by Crippen LogP contribution is -2.37. The van der Waals surface area contributed by atoms with Crippen LogP contribution in [0.3, 0.4) is 0 Å². The number of hydrogen-bond acceptors (Lipinski definition) is 5. The number of carbonyl (C=O) groups excluding carboxylic acids is 2. The van der Waals surface area contributed by atoms with Crippen LogP contribution < -0.4 is 14.4 Å². The van der Waals surface area contributed by atoms with E-state index >= 15 is 0 Å². The van der Waals surface area contributed by atoms with Crippen LogP contribution in [-0.4, -0.2) is 43.0 Å². The Kier molecular flexibility index (Phi) is 5.03. The summed E-state index contributed by atoms with van der Waals surface area (Å²) >= 11 is 1.61. The summed E-state index contributed by atoms with van der Waals surface area (Å²) in [6.07, 6.45) is 0.276. The first kappa shape index (κ1) is 17.9. The van der Waals surface area contributed by atoms with Crippen molar-refractivity contribution in [3.63, 3.8) is 0 Å². The Bertz CT molecular complexity index is 837. The van der Waals surface area contributed by atoms with Gasteiger partial charge >= 0.3 is 0 Å². The second-order valence-corrected chi connectivity index (χ2v) is 7.70. The van der Waals surface area contributed by atoms with Gasteiger partial charge in [0, 0.05) is 36.1 Å². The zero-order chi connectivity index (χ0) is 18.8. The highest BCUT2D eigenvalue weighted by molar-refractivity contribution is 7.09. The van der Waals surface area contributed by atoms with Gasteiger partial charge in [0.2, 0.25) is 11.8 Å². The lowest BCUT2D eigenvalue weighted by Gasteiger charge is -2.27. The predicted octanol–water partition coefficient (Wildman–Crippen LogP) is 2.92. The topological polar surface area (TPSA) is 59.1 Å². The maximum atomic E-state index is 13.3. The minimum atomic E-state index is -0.314. The van der Waals surface area contributed by atoms with E-state index in [0.29, 0.717) is 44.3 Å². The lowest BCUT2D eigenvalue weighted by molar-refractivity contribution is -0.128. The molecule has 0 bridgehead atoms. The molecule has 1 saturated heterocycles. The molecule has 3 heterocycles. The number of rotatable bonds is 5. The van der Waals surface area contributed by atoms with Crippen LogP contribution in [0.25, 0.3) is 0 Å². The summed E-state index contributed by atoms with van der Waals surface area (Å²) in [6.45, 7) is 4.57. The molecule has 27 heavy (non-hydrogen) atoms. The van der Waals surface area contributed by atoms with Crippen LogP contribution in [0.2, 0.25) is 0 Å². The maximum absolute atomic E-state index is 13.3. The second-order valence-electron chi connectivity index (χ2n) is 6.67. The molecule has 7 heteroatoms. The van der Waals surface area contributed by atoms with E-state index < -0.39 is 0 Å². The molecule has 0 spiro atoms. The Morgan fingerprint density at radius 3 is 2.78 bits per heavy atom. The average molecular weight is 386 g/mol. The van der Waals surface area contributed by atoms with Crippen LogP contribution in [0.1, 0.15) is 18.2 Å². The number of thiophene rings is 1. The fraction of sp³-hybridized carbons (Fsp3) is 0.400. The molecule has 2 aliphatic heterocycles. The molecule has 1 fully saturated rings. The lowest BCUT2D eigenvalue weighted by atomic mass is 10.1. The molecular weight excluding hydrogens is 364 g/mol. The number of likely N-dealkylation sites (tertiary alicyclic amines) is 1. The molecule has 1 aromatic heterocycles. The van der Waals surface area contributed by atoms with Gasteiger partial charge < -0.3 is 19.3 Å². The third-order valence-electron chi connectivity index (χ3n) is 4.94. The zero-order valence-electron chi connectivity index (χ0n) is 15.2. The molecule has 6 nitrogen and oxygen atoms in total. The van der Waals surface area contributed by atoms with Gasteiger partial charge in [0.15, 0.2) is 11.5 Å². The van der Waals surface area contributed by atoms with E-state index in [4.69, 9.17) is 9.47 Å². The molecule has 1 atom stereocenters. The van der Waals surface area contributed by atoms with E-state index in [1.807, 2.05) is 42.6 Å². The van der Waals surface area contributed by atoms with Crippen LogP contribution in [0.4, 0.5) is 5.69 Å². The van der Waals surface area contributed by atoms with Gasteiger partial charge in [0.25, 0.3) is 0 Å². The van der Waals surface area contributed by atoms with E-state index in [0.717, 1.165) is 10.6 Å². The predicted molar refractivity (Wildman–Crippen MR) is 103 cm³/mol. The number of benzene rings is 1. The van der Waals surface area contributed by atoms with Gasteiger partial charge in [0.1, 0.15) is 13.2 Å². The largest absolute Gasteiger partial charge is 0.486 e. The molecular formula is C20H22N2O4S. The average Bonchev–Trinajstić information content (AvgIpc) is 3.34. The van der Waals surface area contributed by atoms with Crippen LogP contribution >= 0.6 is 11.3 Å². The first-order valence-corrected chi connectivity index (χ1v) is 10.0. The number of nitrogens with zero attached hydrogens (tertiary/aromatic N) is 2. The molecule has 4 rings (SSSR count). The summed E-state index contributed by atoms with van der Waals surface area (Å²) in [5.41, 5.74) is 0.764. The molecule has 0 N–H and O–H groups in total. The van der Waals surface area contributed by atoms with Crippen molar-refractivity contribution >= 4 is 28.8 Å². The van der Waals surface area contributed by atoms with Crippen LogP contribution in [0.5, 0.6) is 11.5 Å². The number of amides is 2. The monoisotopic (exact) mass is 386 g/mol. The van der Waals surface area contributed by atoms with Crippen LogP contribution in [-0.2, 0) is 16.1 Å². The van der Waals surface area contributed by atoms with Crippen LogP contribution in [0, 0.1) is 5.92 Å². The molecule has 2 aromatic rings. The quantitative estimate of drug-likeness (QED) is 0.793. The third kappa shape index (κ3) is 3.64. The van der Waals surface area contributed by atoms with Gasteiger partial charge in [-0.05, 0) is 30.5 Å². The highest BCUT2D eigenvalue weighted by atomic mass is 32.1. The van der Waals surface area contributed by atoms with Crippen molar-refractivity contribution in [2.24, 2.45) is 5.92 Å². The fourth-order valence-corrected chi connectivity index (χ4v) is 4.21. The van der Waals surface area contributed by atoms with Gasteiger partial charge in [-0.15, -0.1) is 11.3 Å². The van der Waals surface area contributed by atoms with Gasteiger partial charge in [0.05, 0.1) is 12.5 Å². The molecule has 142 valence electrons. The molecule has 1 aromatic carbocycles. The Morgan fingerprint density at radius 1 is 1.26 bits per heavy atom.